The molecule has 116 valence electrons. The summed E-state index contributed by atoms with van der Waals surface area (Å²) in [6.45, 7) is 2.27. The minimum absolute atomic E-state index is 0.206. The minimum atomic E-state index is -1.36. The number of amides is 1. The van der Waals surface area contributed by atoms with Gasteiger partial charge < -0.3 is 5.32 Å². The first-order valence-electron chi connectivity index (χ1n) is 6.38. The quantitative estimate of drug-likeness (QED) is 0.457. The van der Waals surface area contributed by atoms with Crippen LogP contribution < -0.4 is 5.32 Å². The van der Waals surface area contributed by atoms with Crippen LogP contribution in [0.1, 0.15) is 30.1 Å². The average molecular weight is 365 g/mol. The second-order valence-electron chi connectivity index (χ2n) is 4.50. The molecule has 0 aliphatic carbocycles. The van der Waals surface area contributed by atoms with Gasteiger partial charge in [0.15, 0.2) is 11.6 Å². The molecule has 5 nitrogen and oxygen atoms in total. The maximum absolute atomic E-state index is 13.2. The lowest BCUT2D eigenvalue weighted by Gasteiger charge is -2.14. The second kappa shape index (κ2) is 8.02. The Hall–Kier alpha value is -1.57. The van der Waals surface area contributed by atoms with Crippen LogP contribution >= 0.6 is 15.9 Å². The van der Waals surface area contributed by atoms with Crippen molar-refractivity contribution >= 4 is 27.5 Å². The Morgan fingerprint density at radius 1 is 1.43 bits per heavy atom. The Morgan fingerprint density at radius 2 is 2.05 bits per heavy atom. The summed E-state index contributed by atoms with van der Waals surface area (Å²) in [7, 11) is 0. The van der Waals surface area contributed by atoms with Gasteiger partial charge in [0, 0.05) is 11.9 Å². The van der Waals surface area contributed by atoms with Gasteiger partial charge in [-0.25, -0.2) is 8.78 Å². The lowest BCUT2D eigenvalue weighted by Crippen LogP contribution is -2.30. The largest absolute Gasteiger partial charge is 0.352 e. The third-order valence-electron chi connectivity index (χ3n) is 3.13. The molecule has 21 heavy (non-hydrogen) atoms. The van der Waals surface area contributed by atoms with Crippen LogP contribution in [-0.2, 0) is 0 Å². The van der Waals surface area contributed by atoms with Crippen LogP contribution in [0.4, 0.5) is 14.5 Å². The molecule has 0 aliphatic rings. The van der Waals surface area contributed by atoms with Crippen molar-refractivity contribution in [2.24, 2.45) is 5.92 Å². The molecule has 1 unspecified atom stereocenters. The fourth-order valence-corrected chi connectivity index (χ4v) is 2.45. The summed E-state index contributed by atoms with van der Waals surface area (Å²) in [6, 6.07) is 0.967. The van der Waals surface area contributed by atoms with E-state index in [1.165, 1.54) is 0 Å². The molecule has 1 aromatic rings. The highest BCUT2D eigenvalue weighted by molar-refractivity contribution is 9.09. The highest BCUT2D eigenvalue weighted by Crippen LogP contribution is 2.22. The maximum Gasteiger partial charge on any atom is 0.285 e. The number of carbonyl (C=O) groups is 1. The van der Waals surface area contributed by atoms with Crippen molar-refractivity contribution in [2.45, 2.75) is 19.8 Å². The first-order valence-corrected chi connectivity index (χ1v) is 7.50. The number of benzene rings is 1. The zero-order valence-electron chi connectivity index (χ0n) is 11.4. The van der Waals surface area contributed by atoms with Crippen LogP contribution in [0.3, 0.4) is 0 Å². The number of nitrogens with zero attached hydrogens (tertiary/aromatic N) is 1. The molecule has 1 aromatic carbocycles. The van der Waals surface area contributed by atoms with Crippen molar-refractivity contribution in [1.82, 2.24) is 5.32 Å². The van der Waals surface area contributed by atoms with E-state index in [1.54, 1.807) is 0 Å². The SMILES string of the molecule is CCC(CCBr)CNC(=O)c1cc(F)c(F)cc1[N+](=O)[O-]. The standard InChI is InChI=1S/C13H15BrF2N2O3/c1-2-8(3-4-14)7-17-13(19)9-5-10(15)11(16)6-12(9)18(20)21/h5-6,8H,2-4,7H2,1H3,(H,17,19). The molecular formula is C13H15BrF2N2O3. The van der Waals surface area contributed by atoms with E-state index in [4.69, 9.17) is 0 Å². The molecule has 0 saturated carbocycles. The number of hydrogen-bond acceptors (Lipinski definition) is 3. The van der Waals surface area contributed by atoms with Crippen LogP contribution in [0.2, 0.25) is 0 Å². The smallest absolute Gasteiger partial charge is 0.285 e. The monoisotopic (exact) mass is 364 g/mol. The predicted octanol–water partition coefficient (Wildman–Crippen LogP) is 3.41. The molecule has 0 bridgehead atoms. The van der Waals surface area contributed by atoms with E-state index >= 15 is 0 Å². The van der Waals surface area contributed by atoms with E-state index in [0.29, 0.717) is 18.7 Å². The molecular weight excluding hydrogens is 350 g/mol. The lowest BCUT2D eigenvalue weighted by atomic mass is 10.0. The number of hydrogen-bond donors (Lipinski definition) is 1. The van der Waals surface area contributed by atoms with Crippen molar-refractivity contribution in [3.05, 3.63) is 39.4 Å². The van der Waals surface area contributed by atoms with E-state index in [1.807, 2.05) is 6.92 Å². The summed E-state index contributed by atoms with van der Waals surface area (Å²) in [5, 5.41) is 14.1. The Morgan fingerprint density at radius 3 is 2.57 bits per heavy atom. The summed E-state index contributed by atoms with van der Waals surface area (Å²) in [6.07, 6.45) is 1.66. The first-order chi connectivity index (χ1) is 9.90. The fourth-order valence-electron chi connectivity index (χ4n) is 1.81. The number of nitro benzene ring substituents is 1. The van der Waals surface area contributed by atoms with Gasteiger partial charge >= 0.3 is 0 Å². The minimum Gasteiger partial charge on any atom is -0.352 e. The summed E-state index contributed by atoms with van der Waals surface area (Å²) < 4.78 is 26.2. The summed E-state index contributed by atoms with van der Waals surface area (Å²) in [4.78, 5) is 21.8. The van der Waals surface area contributed by atoms with E-state index in [-0.39, 0.29) is 5.92 Å². The number of nitrogens with one attached hydrogen (secondary N) is 1. The van der Waals surface area contributed by atoms with Gasteiger partial charge in [-0.3, -0.25) is 14.9 Å². The number of nitro groups is 1. The number of rotatable bonds is 7. The van der Waals surface area contributed by atoms with Crippen LogP contribution in [0, 0.1) is 27.7 Å². The van der Waals surface area contributed by atoms with Crippen LogP contribution in [-0.4, -0.2) is 22.7 Å². The molecule has 1 amide bonds. The van der Waals surface area contributed by atoms with Crippen LogP contribution in [0.15, 0.2) is 12.1 Å². The van der Waals surface area contributed by atoms with Crippen LogP contribution in [0.25, 0.3) is 0 Å². The number of alkyl halides is 1. The molecule has 1 N–H and O–H groups in total. The molecule has 8 heteroatoms. The lowest BCUT2D eigenvalue weighted by molar-refractivity contribution is -0.385. The Kier molecular flexibility index (Phi) is 6.67. The highest BCUT2D eigenvalue weighted by atomic mass is 79.9. The fraction of sp³-hybridized carbons (Fsp3) is 0.462. The molecule has 1 rings (SSSR count). The maximum atomic E-state index is 13.2. The molecule has 0 fully saturated rings. The van der Waals surface area contributed by atoms with E-state index in [2.05, 4.69) is 21.2 Å². The topological polar surface area (TPSA) is 72.2 Å². The number of halogens is 3. The Labute approximate surface area is 129 Å². The van der Waals surface area contributed by atoms with Crippen molar-refractivity contribution < 1.29 is 18.5 Å². The normalized spacial score (nSPS) is 12.0. The van der Waals surface area contributed by atoms with Crippen molar-refractivity contribution in [1.29, 1.82) is 0 Å². The van der Waals surface area contributed by atoms with E-state index < -0.39 is 33.7 Å². The molecule has 0 radical (unpaired) electrons. The third kappa shape index (κ3) is 4.73. The third-order valence-corrected chi connectivity index (χ3v) is 3.58. The predicted molar refractivity (Wildman–Crippen MR) is 77.5 cm³/mol. The zero-order valence-corrected chi connectivity index (χ0v) is 13.0. The van der Waals surface area contributed by atoms with Crippen molar-refractivity contribution in [3.8, 4) is 0 Å². The summed E-state index contributed by atoms with van der Waals surface area (Å²) >= 11 is 3.30. The summed E-state index contributed by atoms with van der Waals surface area (Å²) in [5.41, 5.74) is -1.23. The second-order valence-corrected chi connectivity index (χ2v) is 5.30. The number of carbonyl (C=O) groups excluding carboxylic acids is 1. The molecule has 0 heterocycles. The van der Waals surface area contributed by atoms with Gasteiger partial charge in [-0.2, -0.15) is 0 Å². The first kappa shape index (κ1) is 17.5. The molecule has 0 spiro atoms. The van der Waals surface area contributed by atoms with Crippen molar-refractivity contribution in [2.75, 3.05) is 11.9 Å². The van der Waals surface area contributed by atoms with E-state index in [9.17, 15) is 23.7 Å². The van der Waals surface area contributed by atoms with Gasteiger partial charge in [0.2, 0.25) is 0 Å². The van der Waals surface area contributed by atoms with Crippen LogP contribution in [0.5, 0.6) is 0 Å². The van der Waals surface area contributed by atoms with Crippen molar-refractivity contribution in [3.63, 3.8) is 0 Å². The summed E-state index contributed by atoms with van der Waals surface area (Å²) in [5.74, 6) is -3.23. The Balaban J connectivity index is 2.91. The molecule has 0 aromatic heterocycles. The van der Waals surface area contributed by atoms with Gasteiger partial charge in [-0.05, 0) is 18.4 Å². The van der Waals surface area contributed by atoms with Gasteiger partial charge in [-0.1, -0.05) is 29.3 Å². The van der Waals surface area contributed by atoms with Gasteiger partial charge in [0.05, 0.1) is 11.0 Å². The average Bonchev–Trinajstić information content (AvgIpc) is 2.45. The van der Waals surface area contributed by atoms with Gasteiger partial charge in [0.25, 0.3) is 11.6 Å². The van der Waals surface area contributed by atoms with Gasteiger partial charge in [0.1, 0.15) is 5.56 Å². The highest BCUT2D eigenvalue weighted by Gasteiger charge is 2.24. The molecule has 1 atom stereocenters. The van der Waals surface area contributed by atoms with E-state index in [0.717, 1.165) is 18.2 Å². The Bertz CT molecular complexity index is 540. The molecule has 0 aliphatic heterocycles. The van der Waals surface area contributed by atoms with Gasteiger partial charge in [-0.15, -0.1) is 0 Å². The molecule has 0 saturated heterocycles. The zero-order chi connectivity index (χ0) is 16.0.